The van der Waals surface area contributed by atoms with Crippen molar-refractivity contribution in [3.05, 3.63) is 46.5 Å². The van der Waals surface area contributed by atoms with Crippen LogP contribution in [0.15, 0.2) is 24.3 Å². The highest BCUT2D eigenvalue weighted by Gasteiger charge is 2.40. The van der Waals surface area contributed by atoms with E-state index in [2.05, 4.69) is 6.07 Å². The van der Waals surface area contributed by atoms with Crippen LogP contribution in [-0.4, -0.2) is 30.9 Å². The lowest BCUT2D eigenvalue weighted by atomic mass is 9.83. The lowest BCUT2D eigenvalue weighted by molar-refractivity contribution is 0.0626. The van der Waals surface area contributed by atoms with Crippen LogP contribution in [0, 0.1) is 0 Å². The highest BCUT2D eigenvalue weighted by atomic mass is 16.7. The van der Waals surface area contributed by atoms with Crippen molar-refractivity contribution >= 4 is 5.91 Å². The second-order valence-corrected chi connectivity index (χ2v) is 6.71. The lowest BCUT2D eigenvalue weighted by Gasteiger charge is -2.41. The summed E-state index contributed by atoms with van der Waals surface area (Å²) in [6.45, 7) is 1.13. The molecule has 4 aliphatic rings. The van der Waals surface area contributed by atoms with E-state index in [1.807, 2.05) is 23.1 Å². The van der Waals surface area contributed by atoms with E-state index < -0.39 is 0 Å². The number of ether oxygens (including phenoxy) is 4. The molecule has 0 aliphatic carbocycles. The van der Waals surface area contributed by atoms with Crippen LogP contribution in [0.4, 0.5) is 0 Å². The van der Waals surface area contributed by atoms with Crippen LogP contribution >= 0.6 is 0 Å². The van der Waals surface area contributed by atoms with E-state index in [4.69, 9.17) is 18.9 Å². The molecule has 0 saturated carbocycles. The largest absolute Gasteiger partial charge is 0.454 e. The third-order valence-corrected chi connectivity index (χ3v) is 5.51. The average molecular weight is 337 g/mol. The maximum Gasteiger partial charge on any atom is 0.258 e. The van der Waals surface area contributed by atoms with Gasteiger partial charge in [0.25, 0.3) is 5.91 Å². The maximum atomic E-state index is 13.2. The van der Waals surface area contributed by atoms with Gasteiger partial charge in [0.15, 0.2) is 23.0 Å². The summed E-state index contributed by atoms with van der Waals surface area (Å²) >= 11 is 0. The van der Waals surface area contributed by atoms with Gasteiger partial charge in [-0.3, -0.25) is 4.79 Å². The van der Waals surface area contributed by atoms with Crippen LogP contribution in [0.3, 0.4) is 0 Å². The average Bonchev–Trinajstić information content (AvgIpc) is 3.28. The van der Waals surface area contributed by atoms with Gasteiger partial charge in [-0.15, -0.1) is 0 Å². The molecule has 126 valence electrons. The Bertz CT molecular complexity index is 938. The van der Waals surface area contributed by atoms with E-state index >= 15 is 0 Å². The quantitative estimate of drug-likeness (QED) is 0.739. The molecule has 0 spiro atoms. The summed E-state index contributed by atoms with van der Waals surface area (Å²) in [5.41, 5.74) is 4.08. The fraction of sp³-hybridized carbons (Fsp3) is 0.316. The van der Waals surface area contributed by atoms with E-state index in [0.717, 1.165) is 35.5 Å². The third-order valence-electron chi connectivity index (χ3n) is 5.51. The van der Waals surface area contributed by atoms with E-state index in [1.54, 1.807) is 0 Å². The van der Waals surface area contributed by atoms with Crippen LogP contribution in [0.5, 0.6) is 23.0 Å². The zero-order valence-electron chi connectivity index (χ0n) is 13.4. The first-order chi connectivity index (χ1) is 12.3. The van der Waals surface area contributed by atoms with Crippen LogP contribution in [0.2, 0.25) is 0 Å². The lowest BCUT2D eigenvalue weighted by Crippen LogP contribution is -2.44. The van der Waals surface area contributed by atoms with Crippen LogP contribution in [0.25, 0.3) is 0 Å². The van der Waals surface area contributed by atoms with Crippen molar-refractivity contribution in [2.24, 2.45) is 0 Å². The van der Waals surface area contributed by atoms with Crippen LogP contribution in [-0.2, 0) is 12.8 Å². The highest BCUT2D eigenvalue weighted by Crippen LogP contribution is 2.47. The predicted molar refractivity (Wildman–Crippen MR) is 86.3 cm³/mol. The van der Waals surface area contributed by atoms with Gasteiger partial charge in [0, 0.05) is 6.54 Å². The molecule has 0 aromatic heterocycles. The van der Waals surface area contributed by atoms with Gasteiger partial charge < -0.3 is 23.8 Å². The normalized spacial score (nSPS) is 21.7. The van der Waals surface area contributed by atoms with Gasteiger partial charge in [-0.25, -0.2) is 0 Å². The Morgan fingerprint density at radius 2 is 1.72 bits per heavy atom. The van der Waals surface area contributed by atoms with E-state index in [9.17, 15) is 4.79 Å². The molecule has 6 heteroatoms. The Morgan fingerprint density at radius 1 is 0.920 bits per heavy atom. The number of carbonyl (C=O) groups excluding carboxylic acids is 1. The minimum Gasteiger partial charge on any atom is -0.454 e. The number of benzene rings is 2. The van der Waals surface area contributed by atoms with Gasteiger partial charge >= 0.3 is 0 Å². The second-order valence-electron chi connectivity index (χ2n) is 6.71. The predicted octanol–water partition coefficient (Wildman–Crippen LogP) is 2.44. The molecule has 1 atom stereocenters. The smallest absolute Gasteiger partial charge is 0.258 e. The number of fused-ring (bicyclic) bond motifs is 7. The number of nitrogens with zero attached hydrogens (tertiary/aromatic N) is 1. The Hall–Kier alpha value is -2.89. The standard InChI is InChI=1S/C19H15NO5/c21-19-17-11(1-2-14-18(17)25-9-22-14)5-13-12-7-16-15(23-8-24-16)6-10(12)3-4-20(13)19/h1-2,6-7,13H,3-5,8-9H2/t13-/m0/s1. The molecule has 25 heavy (non-hydrogen) atoms. The van der Waals surface area contributed by atoms with Gasteiger partial charge in [-0.05, 0) is 47.7 Å². The van der Waals surface area contributed by atoms with Crippen LogP contribution in [0.1, 0.15) is 33.1 Å². The number of carbonyl (C=O) groups is 1. The summed E-state index contributed by atoms with van der Waals surface area (Å²) in [4.78, 5) is 15.1. The van der Waals surface area contributed by atoms with Gasteiger partial charge in [0.1, 0.15) is 0 Å². The number of amides is 1. The van der Waals surface area contributed by atoms with E-state index in [1.165, 1.54) is 5.56 Å². The molecule has 4 aliphatic heterocycles. The number of rotatable bonds is 0. The zero-order chi connectivity index (χ0) is 16.5. The molecule has 0 radical (unpaired) electrons. The maximum absolute atomic E-state index is 13.2. The minimum atomic E-state index is 0.0249. The summed E-state index contributed by atoms with van der Waals surface area (Å²) in [5, 5.41) is 0. The zero-order valence-corrected chi connectivity index (χ0v) is 13.4. The molecule has 0 unspecified atom stereocenters. The first-order valence-electron chi connectivity index (χ1n) is 8.44. The van der Waals surface area contributed by atoms with Crippen molar-refractivity contribution in [3.8, 4) is 23.0 Å². The highest BCUT2D eigenvalue weighted by molar-refractivity contribution is 6.01. The molecule has 0 bridgehead atoms. The molecule has 6 nitrogen and oxygen atoms in total. The van der Waals surface area contributed by atoms with Gasteiger partial charge in [-0.1, -0.05) is 6.07 Å². The van der Waals surface area contributed by atoms with E-state index in [-0.39, 0.29) is 25.5 Å². The second kappa shape index (κ2) is 4.59. The first kappa shape index (κ1) is 13.4. The van der Waals surface area contributed by atoms with Crippen molar-refractivity contribution in [3.63, 3.8) is 0 Å². The molecular weight excluding hydrogens is 322 g/mol. The fourth-order valence-electron chi connectivity index (χ4n) is 4.32. The van der Waals surface area contributed by atoms with Crippen molar-refractivity contribution in [1.82, 2.24) is 4.90 Å². The van der Waals surface area contributed by atoms with Crippen LogP contribution < -0.4 is 18.9 Å². The van der Waals surface area contributed by atoms with Gasteiger partial charge in [0.2, 0.25) is 13.6 Å². The van der Waals surface area contributed by atoms with Crippen molar-refractivity contribution in [1.29, 1.82) is 0 Å². The minimum absolute atomic E-state index is 0.0249. The van der Waals surface area contributed by atoms with Gasteiger partial charge in [-0.2, -0.15) is 0 Å². The number of hydrogen-bond donors (Lipinski definition) is 0. The topological polar surface area (TPSA) is 57.2 Å². The Morgan fingerprint density at radius 3 is 2.64 bits per heavy atom. The molecule has 0 saturated heterocycles. The summed E-state index contributed by atoms with van der Waals surface area (Å²) in [6, 6.07) is 8.01. The molecule has 1 amide bonds. The molecule has 6 rings (SSSR count). The molecule has 0 N–H and O–H groups in total. The van der Waals surface area contributed by atoms with Crippen molar-refractivity contribution in [2.45, 2.75) is 18.9 Å². The summed E-state index contributed by atoms with van der Waals surface area (Å²) in [7, 11) is 0. The molecular formula is C19H15NO5. The fourth-order valence-corrected chi connectivity index (χ4v) is 4.32. The summed E-state index contributed by atoms with van der Waals surface area (Å²) in [5.74, 6) is 2.85. The SMILES string of the molecule is O=C1c2c(ccc3c2OCO3)C[C@H]2c3cc4c(cc3CCN12)OCO4. The molecule has 2 aromatic carbocycles. The monoisotopic (exact) mass is 337 g/mol. The molecule has 0 fully saturated rings. The Kier molecular flexibility index (Phi) is 2.46. The van der Waals surface area contributed by atoms with Crippen molar-refractivity contribution < 1.29 is 23.7 Å². The first-order valence-corrected chi connectivity index (χ1v) is 8.44. The third kappa shape index (κ3) is 1.71. The van der Waals surface area contributed by atoms with E-state index in [0.29, 0.717) is 23.6 Å². The summed E-state index contributed by atoms with van der Waals surface area (Å²) in [6.07, 6.45) is 1.58. The number of hydrogen-bond acceptors (Lipinski definition) is 5. The molecule has 4 heterocycles. The molecule has 2 aromatic rings. The van der Waals surface area contributed by atoms with Gasteiger partial charge in [0.05, 0.1) is 11.6 Å². The van der Waals surface area contributed by atoms with Crippen molar-refractivity contribution in [2.75, 3.05) is 20.1 Å². The summed E-state index contributed by atoms with van der Waals surface area (Å²) < 4.78 is 22.0. The Labute approximate surface area is 143 Å². The Balaban J connectivity index is 1.49.